The van der Waals surface area contributed by atoms with Crippen LogP contribution in [0.3, 0.4) is 0 Å². The normalized spacial score (nSPS) is 10.7. The van der Waals surface area contributed by atoms with Gasteiger partial charge in [-0.2, -0.15) is 0 Å². The summed E-state index contributed by atoms with van der Waals surface area (Å²) in [6.45, 7) is 0. The maximum absolute atomic E-state index is 9.62. The van der Waals surface area contributed by atoms with Crippen molar-refractivity contribution in [3.8, 4) is 0 Å². The molecule has 0 aliphatic heterocycles. The molecule has 16 heavy (non-hydrogen) atoms. The molecular formula is C10H8Cl3NO2. The minimum Gasteiger partial charge on any atom is -0.478 e. The summed E-state index contributed by atoms with van der Waals surface area (Å²) in [4.78, 5) is 12.7. The molecule has 0 aliphatic rings. The SMILES string of the molecule is O=C(O)C(Cl)(Cl)Cl.c1ccc2[nH]ccc2c1. The maximum atomic E-state index is 9.62. The minimum atomic E-state index is -2.17. The highest BCUT2D eigenvalue weighted by atomic mass is 35.6. The Hall–Kier alpha value is -0.900. The fourth-order valence-corrected chi connectivity index (χ4v) is 0.995. The molecule has 3 nitrogen and oxygen atoms in total. The van der Waals surface area contributed by atoms with Crippen molar-refractivity contribution in [1.82, 2.24) is 4.98 Å². The summed E-state index contributed by atoms with van der Waals surface area (Å²) in [5.74, 6) is -1.46. The van der Waals surface area contributed by atoms with E-state index in [2.05, 4.69) is 23.2 Å². The fraction of sp³-hybridized carbons (Fsp3) is 0.100. The first-order chi connectivity index (χ1) is 7.41. The zero-order chi connectivity index (χ0) is 12.2. The summed E-state index contributed by atoms with van der Waals surface area (Å²) < 4.78 is -2.17. The van der Waals surface area contributed by atoms with Crippen molar-refractivity contribution in [2.24, 2.45) is 0 Å². The lowest BCUT2D eigenvalue weighted by Crippen LogP contribution is -2.16. The van der Waals surface area contributed by atoms with Crippen molar-refractivity contribution in [3.05, 3.63) is 36.5 Å². The van der Waals surface area contributed by atoms with Gasteiger partial charge in [0.05, 0.1) is 0 Å². The van der Waals surface area contributed by atoms with Crippen molar-refractivity contribution in [2.45, 2.75) is 3.79 Å². The average Bonchev–Trinajstić information content (AvgIpc) is 2.64. The van der Waals surface area contributed by atoms with Crippen LogP contribution in [0.2, 0.25) is 0 Å². The van der Waals surface area contributed by atoms with Crippen molar-refractivity contribution in [3.63, 3.8) is 0 Å². The quantitative estimate of drug-likeness (QED) is 0.724. The van der Waals surface area contributed by atoms with Crippen molar-refractivity contribution < 1.29 is 9.90 Å². The van der Waals surface area contributed by atoms with E-state index in [4.69, 9.17) is 39.9 Å². The van der Waals surface area contributed by atoms with Crippen LogP contribution in [0.15, 0.2) is 36.5 Å². The number of hydrogen-bond acceptors (Lipinski definition) is 1. The summed E-state index contributed by atoms with van der Waals surface area (Å²) in [5.41, 5.74) is 1.21. The topological polar surface area (TPSA) is 53.1 Å². The molecule has 2 aromatic rings. The molecule has 0 amide bonds. The lowest BCUT2D eigenvalue weighted by molar-refractivity contribution is -0.135. The standard InChI is InChI=1S/C8H7N.C2HCl3O2/c1-2-4-8-7(3-1)5-6-9-8;3-2(4,5)1(6)7/h1-6,9H;(H,6,7). The van der Waals surface area contributed by atoms with Crippen molar-refractivity contribution in [2.75, 3.05) is 0 Å². The Morgan fingerprint density at radius 3 is 2.25 bits per heavy atom. The molecule has 0 spiro atoms. The highest BCUT2D eigenvalue weighted by Gasteiger charge is 2.29. The van der Waals surface area contributed by atoms with Crippen LogP contribution in [0.1, 0.15) is 0 Å². The summed E-state index contributed by atoms with van der Waals surface area (Å²) in [5, 5.41) is 9.13. The van der Waals surface area contributed by atoms with Gasteiger partial charge >= 0.3 is 5.97 Å². The van der Waals surface area contributed by atoms with Crippen LogP contribution in [0.4, 0.5) is 0 Å². The number of alkyl halides is 3. The van der Waals surface area contributed by atoms with Crippen LogP contribution < -0.4 is 0 Å². The van der Waals surface area contributed by atoms with Gasteiger partial charge in [0.1, 0.15) is 0 Å². The summed E-state index contributed by atoms with van der Waals surface area (Å²) in [7, 11) is 0. The molecule has 0 fully saturated rings. The predicted molar refractivity (Wildman–Crippen MR) is 66.2 cm³/mol. The second-order valence-electron chi connectivity index (χ2n) is 2.87. The number of benzene rings is 1. The van der Waals surface area contributed by atoms with Gasteiger partial charge < -0.3 is 10.1 Å². The molecule has 0 radical (unpaired) electrons. The lowest BCUT2D eigenvalue weighted by atomic mass is 10.3. The van der Waals surface area contributed by atoms with Crippen molar-refractivity contribution in [1.29, 1.82) is 0 Å². The Kier molecular flexibility index (Phi) is 4.47. The number of rotatable bonds is 0. The maximum Gasteiger partial charge on any atom is 0.356 e. The molecule has 1 aromatic heterocycles. The molecule has 6 heteroatoms. The highest BCUT2D eigenvalue weighted by Crippen LogP contribution is 2.25. The smallest absolute Gasteiger partial charge is 0.356 e. The van der Waals surface area contributed by atoms with Crippen LogP contribution >= 0.6 is 34.8 Å². The van der Waals surface area contributed by atoms with E-state index in [9.17, 15) is 4.79 Å². The Bertz CT molecular complexity index is 446. The number of aromatic nitrogens is 1. The number of aromatic amines is 1. The highest BCUT2D eigenvalue weighted by molar-refractivity contribution is 6.75. The number of fused-ring (bicyclic) bond motifs is 1. The molecule has 0 saturated carbocycles. The number of nitrogens with one attached hydrogen (secondary N) is 1. The Morgan fingerprint density at radius 2 is 1.75 bits per heavy atom. The van der Waals surface area contributed by atoms with Crippen LogP contribution in [-0.4, -0.2) is 19.9 Å². The number of carboxylic acid groups (broad SMARTS) is 1. The van der Waals surface area contributed by atoms with E-state index in [1.165, 1.54) is 10.9 Å². The molecule has 2 N–H and O–H groups in total. The molecule has 0 bridgehead atoms. The lowest BCUT2D eigenvalue weighted by Gasteiger charge is -1.99. The number of para-hydroxylation sites is 1. The summed E-state index contributed by atoms with van der Waals surface area (Å²) in [6.07, 6.45) is 1.95. The molecule has 1 aromatic carbocycles. The second-order valence-corrected chi connectivity index (χ2v) is 5.15. The van der Waals surface area contributed by atoms with Crippen LogP contribution in [-0.2, 0) is 4.79 Å². The van der Waals surface area contributed by atoms with Gasteiger partial charge in [0.2, 0.25) is 0 Å². The van der Waals surface area contributed by atoms with E-state index in [1.54, 1.807) is 0 Å². The number of hydrogen-bond donors (Lipinski definition) is 2. The number of H-pyrrole nitrogens is 1. The molecule has 0 saturated heterocycles. The summed E-state index contributed by atoms with van der Waals surface area (Å²) >= 11 is 14.4. The largest absolute Gasteiger partial charge is 0.478 e. The molecule has 0 unspecified atom stereocenters. The molecule has 1 heterocycles. The molecule has 86 valence electrons. The van der Waals surface area contributed by atoms with Gasteiger partial charge in [-0.1, -0.05) is 53.0 Å². The Labute approximate surface area is 107 Å². The van der Waals surface area contributed by atoms with E-state index in [1.807, 2.05) is 18.3 Å². The van der Waals surface area contributed by atoms with Gasteiger partial charge in [0.25, 0.3) is 3.79 Å². The van der Waals surface area contributed by atoms with E-state index < -0.39 is 9.76 Å². The monoisotopic (exact) mass is 279 g/mol. The van der Waals surface area contributed by atoms with Gasteiger partial charge in [-0.25, -0.2) is 4.79 Å². The molecule has 0 aliphatic carbocycles. The zero-order valence-corrected chi connectivity index (χ0v) is 10.2. The number of carboxylic acids is 1. The van der Waals surface area contributed by atoms with Crippen LogP contribution in [0.25, 0.3) is 10.9 Å². The van der Waals surface area contributed by atoms with E-state index >= 15 is 0 Å². The number of halogens is 3. The molecule has 2 rings (SSSR count). The van der Waals surface area contributed by atoms with Gasteiger partial charge in [0.15, 0.2) is 0 Å². The van der Waals surface area contributed by atoms with E-state index in [0.717, 1.165) is 0 Å². The number of carbonyl (C=O) groups is 1. The first kappa shape index (κ1) is 13.2. The fourth-order valence-electron chi connectivity index (χ4n) is 0.995. The number of aliphatic carboxylic acids is 1. The van der Waals surface area contributed by atoms with Gasteiger partial charge in [-0.15, -0.1) is 0 Å². The van der Waals surface area contributed by atoms with Gasteiger partial charge in [-0.3, -0.25) is 0 Å². The summed E-state index contributed by atoms with van der Waals surface area (Å²) in [6, 6.07) is 10.3. The average molecular weight is 281 g/mol. The zero-order valence-electron chi connectivity index (χ0n) is 7.95. The third-order valence-corrected chi connectivity index (χ3v) is 2.19. The predicted octanol–water partition coefficient (Wildman–Crippen LogP) is 3.61. The molecule has 0 atom stereocenters. The third kappa shape index (κ3) is 3.93. The van der Waals surface area contributed by atoms with Crippen LogP contribution in [0, 0.1) is 0 Å². The van der Waals surface area contributed by atoms with Gasteiger partial charge in [-0.05, 0) is 17.5 Å². The third-order valence-electron chi connectivity index (χ3n) is 1.71. The van der Waals surface area contributed by atoms with Crippen molar-refractivity contribution >= 4 is 51.7 Å². The molecular weight excluding hydrogens is 272 g/mol. The minimum absolute atomic E-state index is 1.21. The van der Waals surface area contributed by atoms with Crippen LogP contribution in [0.5, 0.6) is 0 Å². The Balaban J connectivity index is 0.000000168. The van der Waals surface area contributed by atoms with E-state index in [-0.39, 0.29) is 0 Å². The Morgan fingerprint density at radius 1 is 1.19 bits per heavy atom. The van der Waals surface area contributed by atoms with Gasteiger partial charge in [0, 0.05) is 11.7 Å². The second kappa shape index (κ2) is 5.43. The van der Waals surface area contributed by atoms with E-state index in [0.29, 0.717) is 0 Å². The first-order valence-corrected chi connectivity index (χ1v) is 5.37. The first-order valence-electron chi connectivity index (χ1n) is 4.23.